The molecule has 0 bridgehead atoms. The minimum Gasteiger partial charge on any atom is -0.208 e. The second kappa shape index (κ2) is 7.77. The van der Waals surface area contributed by atoms with Crippen LogP contribution in [0.4, 0.5) is 0 Å². The fraction of sp³-hybridized carbons (Fsp3) is 0.500. The van der Waals surface area contributed by atoms with Crippen molar-refractivity contribution in [2.75, 3.05) is 0 Å². The molecule has 0 heterocycles. The van der Waals surface area contributed by atoms with Crippen molar-refractivity contribution < 1.29 is 8.42 Å². The predicted octanol–water partition coefficient (Wildman–Crippen LogP) is 4.04. The molecular weight excluding hydrogens is 294 g/mol. The molecule has 0 aliphatic rings. The topological polar surface area (TPSA) is 46.2 Å². The zero-order valence-corrected chi connectivity index (χ0v) is 15.0. The van der Waals surface area contributed by atoms with Crippen LogP contribution in [0, 0.1) is 26.7 Å². The number of hydrogen-bond acceptors (Lipinski definition) is 2. The van der Waals surface area contributed by atoms with E-state index in [0.717, 1.165) is 23.1 Å². The predicted molar refractivity (Wildman–Crippen MR) is 92.5 cm³/mol. The molecule has 3 nitrogen and oxygen atoms in total. The summed E-state index contributed by atoms with van der Waals surface area (Å²) in [5.74, 6) is 0.408. The van der Waals surface area contributed by atoms with Crippen molar-refractivity contribution in [3.8, 4) is 0 Å². The highest BCUT2D eigenvalue weighted by atomic mass is 32.2. The third-order valence-corrected chi connectivity index (χ3v) is 5.32. The summed E-state index contributed by atoms with van der Waals surface area (Å²) < 4.78 is 28.4. The van der Waals surface area contributed by atoms with Crippen molar-refractivity contribution >= 4 is 10.0 Å². The summed E-state index contributed by atoms with van der Waals surface area (Å²) in [6, 6.07) is 3.67. The monoisotopic (exact) mass is 321 g/mol. The highest BCUT2D eigenvalue weighted by molar-refractivity contribution is 7.89. The summed E-state index contributed by atoms with van der Waals surface area (Å²) in [6.07, 6.45) is 3.16. The Kier molecular flexibility index (Phi) is 6.61. The lowest BCUT2D eigenvalue weighted by Gasteiger charge is -2.21. The molecule has 1 aromatic rings. The molecule has 0 aliphatic carbocycles. The summed E-state index contributed by atoms with van der Waals surface area (Å²) >= 11 is 0. The molecule has 1 atom stereocenters. The van der Waals surface area contributed by atoms with Gasteiger partial charge in [0.25, 0.3) is 0 Å². The molecule has 0 saturated carbocycles. The average molecular weight is 321 g/mol. The van der Waals surface area contributed by atoms with Crippen molar-refractivity contribution in [2.24, 2.45) is 5.92 Å². The molecule has 0 amide bonds. The van der Waals surface area contributed by atoms with Gasteiger partial charge in [-0.25, -0.2) is 13.1 Å². The highest BCUT2D eigenvalue weighted by Crippen LogP contribution is 2.23. The lowest BCUT2D eigenvalue weighted by molar-refractivity contribution is 0.462. The van der Waals surface area contributed by atoms with Crippen LogP contribution < -0.4 is 4.72 Å². The van der Waals surface area contributed by atoms with Gasteiger partial charge < -0.3 is 0 Å². The Morgan fingerprint density at radius 2 is 1.77 bits per heavy atom. The quantitative estimate of drug-likeness (QED) is 0.771. The van der Waals surface area contributed by atoms with Gasteiger partial charge in [-0.15, -0.1) is 5.73 Å². The lowest BCUT2D eigenvalue weighted by Crippen LogP contribution is -2.36. The van der Waals surface area contributed by atoms with Crippen LogP contribution in [0.3, 0.4) is 0 Å². The van der Waals surface area contributed by atoms with Crippen LogP contribution in [-0.4, -0.2) is 14.5 Å². The van der Waals surface area contributed by atoms with Crippen LogP contribution in [0.2, 0.25) is 0 Å². The van der Waals surface area contributed by atoms with Crippen LogP contribution in [-0.2, 0) is 10.0 Å². The molecule has 0 spiro atoms. The fourth-order valence-corrected chi connectivity index (χ4v) is 4.57. The van der Waals surface area contributed by atoms with E-state index in [2.05, 4.69) is 30.9 Å². The number of rotatable bonds is 7. The fourth-order valence-electron chi connectivity index (χ4n) is 2.86. The molecule has 1 rings (SSSR count). The number of nitrogens with one attached hydrogen (secondary N) is 1. The first-order chi connectivity index (χ1) is 10.2. The first-order valence-corrected chi connectivity index (χ1v) is 9.10. The maximum Gasteiger partial charge on any atom is 0.241 e. The van der Waals surface area contributed by atoms with Crippen molar-refractivity contribution in [2.45, 2.75) is 58.4 Å². The van der Waals surface area contributed by atoms with E-state index in [4.69, 9.17) is 0 Å². The zero-order chi connectivity index (χ0) is 16.9. The minimum atomic E-state index is -3.53. The van der Waals surface area contributed by atoms with Gasteiger partial charge in [0.1, 0.15) is 0 Å². The molecule has 0 fully saturated rings. The van der Waals surface area contributed by atoms with Gasteiger partial charge in [0.2, 0.25) is 10.0 Å². The Hall–Kier alpha value is -1.35. The van der Waals surface area contributed by atoms with E-state index in [9.17, 15) is 8.42 Å². The standard InChI is InChI=1S/C18H27NO2S/c1-7-8-9-17(10-13(2)3)19-22(20,21)18-15(5)11-14(4)12-16(18)6/h8,11-13,17,19H,1,9-10H2,2-6H3/t17-/m1/s1. The highest BCUT2D eigenvalue weighted by Gasteiger charge is 2.23. The minimum absolute atomic E-state index is 0.139. The molecule has 0 aliphatic heterocycles. The van der Waals surface area contributed by atoms with Gasteiger partial charge in [-0.1, -0.05) is 38.1 Å². The molecule has 122 valence electrons. The van der Waals surface area contributed by atoms with Gasteiger partial charge in [0.15, 0.2) is 0 Å². The van der Waals surface area contributed by atoms with Gasteiger partial charge in [-0.2, -0.15) is 0 Å². The molecule has 0 saturated heterocycles. The maximum atomic E-state index is 12.8. The molecule has 1 N–H and O–H groups in total. The Morgan fingerprint density at radius 1 is 1.23 bits per heavy atom. The van der Waals surface area contributed by atoms with Crippen molar-refractivity contribution in [3.63, 3.8) is 0 Å². The molecule has 4 heteroatoms. The number of hydrogen-bond donors (Lipinski definition) is 1. The van der Waals surface area contributed by atoms with Crippen LogP contribution in [0.1, 0.15) is 43.4 Å². The van der Waals surface area contributed by atoms with Crippen LogP contribution in [0.5, 0.6) is 0 Å². The molecular formula is C18H27NO2S. The van der Waals surface area contributed by atoms with E-state index in [1.54, 1.807) is 6.08 Å². The average Bonchev–Trinajstić information content (AvgIpc) is 2.32. The first-order valence-electron chi connectivity index (χ1n) is 7.61. The van der Waals surface area contributed by atoms with Gasteiger partial charge >= 0.3 is 0 Å². The molecule has 0 unspecified atom stereocenters. The smallest absolute Gasteiger partial charge is 0.208 e. The first kappa shape index (κ1) is 18.7. The lowest BCUT2D eigenvalue weighted by atomic mass is 10.0. The van der Waals surface area contributed by atoms with Gasteiger partial charge in [0.05, 0.1) is 4.90 Å². The second-order valence-electron chi connectivity index (χ2n) is 6.32. The van der Waals surface area contributed by atoms with Gasteiger partial charge in [0, 0.05) is 6.04 Å². The second-order valence-corrected chi connectivity index (χ2v) is 7.97. The Morgan fingerprint density at radius 3 is 2.23 bits per heavy atom. The largest absolute Gasteiger partial charge is 0.241 e. The van der Waals surface area contributed by atoms with Crippen LogP contribution >= 0.6 is 0 Å². The summed E-state index contributed by atoms with van der Waals surface area (Å²) in [5.41, 5.74) is 5.36. The van der Waals surface area contributed by atoms with Crippen molar-refractivity contribution in [1.29, 1.82) is 0 Å². The van der Waals surface area contributed by atoms with E-state index in [-0.39, 0.29) is 6.04 Å². The normalized spacial score (nSPS) is 13.0. The van der Waals surface area contributed by atoms with E-state index in [1.165, 1.54) is 0 Å². The van der Waals surface area contributed by atoms with E-state index >= 15 is 0 Å². The van der Waals surface area contributed by atoms with Crippen molar-refractivity contribution in [3.05, 3.63) is 47.2 Å². The molecule has 0 aromatic heterocycles. The van der Waals surface area contributed by atoms with Gasteiger partial charge in [-0.05, 0) is 56.7 Å². The van der Waals surface area contributed by atoms with Crippen LogP contribution in [0.25, 0.3) is 0 Å². The summed E-state index contributed by atoms with van der Waals surface area (Å²) in [7, 11) is -3.53. The van der Waals surface area contributed by atoms with Crippen molar-refractivity contribution in [1.82, 2.24) is 4.72 Å². The van der Waals surface area contributed by atoms with Gasteiger partial charge in [-0.3, -0.25) is 0 Å². The Bertz CT molecular complexity index is 645. The Labute approximate surface area is 135 Å². The zero-order valence-electron chi connectivity index (χ0n) is 14.2. The summed E-state index contributed by atoms with van der Waals surface area (Å²) in [6.45, 7) is 13.4. The number of aryl methyl sites for hydroxylation is 3. The van der Waals surface area contributed by atoms with Crippen LogP contribution in [0.15, 0.2) is 35.4 Å². The number of benzene rings is 1. The third kappa shape index (κ3) is 5.13. The molecule has 22 heavy (non-hydrogen) atoms. The van der Waals surface area contributed by atoms with E-state index in [1.807, 2.05) is 32.9 Å². The Balaban J connectivity index is 3.14. The summed E-state index contributed by atoms with van der Waals surface area (Å²) in [4.78, 5) is 0.398. The SMILES string of the molecule is C=C=CC[C@H](CC(C)C)NS(=O)(=O)c1c(C)cc(C)cc1C. The number of sulfonamides is 1. The third-order valence-electron chi connectivity index (χ3n) is 3.50. The molecule has 0 radical (unpaired) electrons. The molecule has 1 aromatic carbocycles. The maximum absolute atomic E-state index is 12.8. The summed E-state index contributed by atoms with van der Waals surface area (Å²) in [5, 5.41) is 0. The van der Waals surface area contributed by atoms with E-state index in [0.29, 0.717) is 17.2 Å². The van der Waals surface area contributed by atoms with E-state index < -0.39 is 10.0 Å².